The number of benzene rings is 1. The van der Waals surface area contributed by atoms with Gasteiger partial charge in [-0.2, -0.15) is 0 Å². The van der Waals surface area contributed by atoms with Gasteiger partial charge in [-0.25, -0.2) is 0 Å². The van der Waals surface area contributed by atoms with E-state index < -0.39 is 0 Å². The van der Waals surface area contributed by atoms with Gasteiger partial charge in [0, 0.05) is 38.0 Å². The van der Waals surface area contributed by atoms with Crippen LogP contribution in [0.3, 0.4) is 0 Å². The summed E-state index contributed by atoms with van der Waals surface area (Å²) in [6.45, 7) is 5.69. The van der Waals surface area contributed by atoms with Crippen molar-refractivity contribution in [2.75, 3.05) is 20.3 Å². The summed E-state index contributed by atoms with van der Waals surface area (Å²) in [7, 11) is 1.71. The summed E-state index contributed by atoms with van der Waals surface area (Å²) in [5.41, 5.74) is 3.81. The fourth-order valence-corrected chi connectivity index (χ4v) is 3.91. The second kappa shape index (κ2) is 7.02. The first-order valence-electron chi connectivity index (χ1n) is 8.56. The second-order valence-electron chi connectivity index (χ2n) is 6.92. The van der Waals surface area contributed by atoms with E-state index in [2.05, 4.69) is 37.4 Å². The van der Waals surface area contributed by atoms with Crippen LogP contribution in [0.15, 0.2) is 18.2 Å². The van der Waals surface area contributed by atoms with Crippen LogP contribution < -0.4 is 5.32 Å². The number of hydrogen-bond donors (Lipinski definition) is 1. The summed E-state index contributed by atoms with van der Waals surface area (Å²) in [6, 6.07) is 6.65. The smallest absolute Gasteiger partial charge is 0.220 e. The number of carbonyl (C=O) groups excluding carboxylic acids is 1. The molecule has 2 aliphatic rings. The Kier molecular flexibility index (Phi) is 5.02. The predicted octanol–water partition coefficient (Wildman–Crippen LogP) is 2.40. The van der Waals surface area contributed by atoms with E-state index in [-0.39, 0.29) is 18.1 Å². The number of methoxy groups -OCH3 is 1. The molecule has 2 fully saturated rings. The first-order valence-corrected chi connectivity index (χ1v) is 8.56. The van der Waals surface area contributed by atoms with Gasteiger partial charge in [0.1, 0.15) is 0 Å². The lowest BCUT2D eigenvalue weighted by Crippen LogP contribution is -2.62. The molecular formula is C19H27NO3. The van der Waals surface area contributed by atoms with E-state index in [0.717, 1.165) is 19.4 Å². The fourth-order valence-electron chi connectivity index (χ4n) is 3.91. The third kappa shape index (κ3) is 3.43. The first kappa shape index (κ1) is 16.5. The summed E-state index contributed by atoms with van der Waals surface area (Å²) in [5, 5.41) is 3.22. The van der Waals surface area contributed by atoms with Crippen LogP contribution in [0.2, 0.25) is 0 Å². The quantitative estimate of drug-likeness (QED) is 0.876. The van der Waals surface area contributed by atoms with Crippen LogP contribution in [0.4, 0.5) is 0 Å². The van der Waals surface area contributed by atoms with E-state index in [1.807, 2.05) is 0 Å². The number of fused-ring (bicyclic) bond motifs is 1. The van der Waals surface area contributed by atoms with Gasteiger partial charge in [-0.3, -0.25) is 4.79 Å². The average Bonchev–Trinajstić information content (AvgIpc) is 2.96. The molecule has 23 heavy (non-hydrogen) atoms. The van der Waals surface area contributed by atoms with E-state index in [0.29, 0.717) is 24.9 Å². The molecule has 4 nitrogen and oxygen atoms in total. The normalized spacial score (nSPS) is 29.0. The highest BCUT2D eigenvalue weighted by molar-refractivity contribution is 5.76. The predicted molar refractivity (Wildman–Crippen MR) is 89.4 cm³/mol. The van der Waals surface area contributed by atoms with Crippen molar-refractivity contribution < 1.29 is 14.3 Å². The Balaban J connectivity index is 1.51. The van der Waals surface area contributed by atoms with Crippen LogP contribution in [0.25, 0.3) is 0 Å². The maximum atomic E-state index is 12.3. The Morgan fingerprint density at radius 2 is 2.17 bits per heavy atom. The molecule has 3 rings (SSSR count). The molecule has 1 aliphatic carbocycles. The third-order valence-corrected chi connectivity index (χ3v) is 5.43. The molecule has 4 heteroatoms. The maximum absolute atomic E-state index is 12.3. The number of ether oxygens (including phenoxy) is 2. The van der Waals surface area contributed by atoms with E-state index in [1.165, 1.54) is 16.7 Å². The van der Waals surface area contributed by atoms with Gasteiger partial charge in [0.15, 0.2) is 0 Å². The van der Waals surface area contributed by atoms with E-state index in [4.69, 9.17) is 9.47 Å². The van der Waals surface area contributed by atoms with Gasteiger partial charge in [0.05, 0.1) is 12.7 Å². The van der Waals surface area contributed by atoms with Crippen molar-refractivity contribution >= 4 is 5.91 Å². The summed E-state index contributed by atoms with van der Waals surface area (Å²) >= 11 is 0. The van der Waals surface area contributed by atoms with Gasteiger partial charge >= 0.3 is 0 Å². The van der Waals surface area contributed by atoms with Crippen LogP contribution in [0, 0.1) is 25.7 Å². The van der Waals surface area contributed by atoms with Gasteiger partial charge in [-0.15, -0.1) is 0 Å². The molecule has 1 heterocycles. The lowest BCUT2D eigenvalue weighted by Gasteiger charge is -2.47. The molecule has 1 aliphatic heterocycles. The number of amides is 1. The van der Waals surface area contributed by atoms with Crippen molar-refractivity contribution in [2.24, 2.45) is 11.8 Å². The Bertz CT molecular complexity index is 572. The van der Waals surface area contributed by atoms with Gasteiger partial charge in [-0.05, 0) is 43.4 Å². The van der Waals surface area contributed by atoms with Gasteiger partial charge in [0.2, 0.25) is 5.91 Å². The molecule has 1 amide bonds. The van der Waals surface area contributed by atoms with E-state index >= 15 is 0 Å². The molecule has 1 N–H and O–H groups in total. The van der Waals surface area contributed by atoms with Gasteiger partial charge in [-0.1, -0.05) is 18.2 Å². The van der Waals surface area contributed by atoms with Crippen molar-refractivity contribution in [1.29, 1.82) is 0 Å². The van der Waals surface area contributed by atoms with Crippen molar-refractivity contribution in [1.82, 2.24) is 5.32 Å². The van der Waals surface area contributed by atoms with Gasteiger partial charge < -0.3 is 14.8 Å². The largest absolute Gasteiger partial charge is 0.384 e. The number of rotatable bonds is 6. The van der Waals surface area contributed by atoms with Crippen molar-refractivity contribution in [3.63, 3.8) is 0 Å². The molecule has 4 atom stereocenters. The van der Waals surface area contributed by atoms with Crippen LogP contribution >= 0.6 is 0 Å². The maximum Gasteiger partial charge on any atom is 0.220 e. The molecular weight excluding hydrogens is 290 g/mol. The molecule has 0 bridgehead atoms. The van der Waals surface area contributed by atoms with Crippen molar-refractivity contribution in [2.45, 2.75) is 45.3 Å². The van der Waals surface area contributed by atoms with Crippen molar-refractivity contribution in [3.8, 4) is 0 Å². The van der Waals surface area contributed by atoms with Crippen LogP contribution in [-0.4, -0.2) is 38.4 Å². The Hall–Kier alpha value is -1.39. The molecule has 0 spiro atoms. The molecule has 1 saturated carbocycles. The molecule has 1 aromatic rings. The summed E-state index contributed by atoms with van der Waals surface area (Å²) in [5.74, 6) is 0.915. The fraction of sp³-hybridized carbons (Fsp3) is 0.632. The lowest BCUT2D eigenvalue weighted by molar-refractivity contribution is -0.129. The molecule has 1 saturated heterocycles. The van der Waals surface area contributed by atoms with Gasteiger partial charge in [0.25, 0.3) is 0 Å². The average molecular weight is 317 g/mol. The number of aryl methyl sites for hydroxylation is 3. The molecule has 126 valence electrons. The zero-order chi connectivity index (χ0) is 16.4. The zero-order valence-corrected chi connectivity index (χ0v) is 14.3. The lowest BCUT2D eigenvalue weighted by atomic mass is 9.67. The summed E-state index contributed by atoms with van der Waals surface area (Å²) < 4.78 is 11.0. The monoisotopic (exact) mass is 317 g/mol. The first-order chi connectivity index (χ1) is 11.1. The minimum Gasteiger partial charge on any atom is -0.384 e. The van der Waals surface area contributed by atoms with Crippen LogP contribution in [-0.2, 0) is 20.7 Å². The highest BCUT2D eigenvalue weighted by atomic mass is 16.5. The summed E-state index contributed by atoms with van der Waals surface area (Å²) in [6.07, 6.45) is 2.66. The molecule has 0 unspecified atom stereocenters. The minimum atomic E-state index is 0.139. The molecule has 0 radical (unpaired) electrons. The standard InChI is InChI=1S/C19H27NO3/c1-12-4-5-14(10-13(12)2)6-7-17(21)20-18-15-8-9-23-19(15)16(18)11-22-3/h4-5,10,15-16,18-19H,6-9,11H2,1-3H3,(H,20,21)/t15-,16+,18+,19-/m0/s1. The highest BCUT2D eigenvalue weighted by Gasteiger charge is 2.54. The third-order valence-electron chi connectivity index (χ3n) is 5.43. The number of hydrogen-bond acceptors (Lipinski definition) is 3. The SMILES string of the molecule is COC[C@@H]1[C@H](NC(=O)CCc2ccc(C)c(C)c2)[C@@H]2CCO[C@H]12. The number of nitrogens with one attached hydrogen (secondary N) is 1. The Labute approximate surface area is 138 Å². The Morgan fingerprint density at radius 1 is 1.35 bits per heavy atom. The van der Waals surface area contributed by atoms with E-state index in [1.54, 1.807) is 7.11 Å². The van der Waals surface area contributed by atoms with Crippen molar-refractivity contribution in [3.05, 3.63) is 34.9 Å². The summed E-state index contributed by atoms with van der Waals surface area (Å²) in [4.78, 5) is 12.3. The topological polar surface area (TPSA) is 47.6 Å². The van der Waals surface area contributed by atoms with Crippen LogP contribution in [0.5, 0.6) is 0 Å². The highest BCUT2D eigenvalue weighted by Crippen LogP contribution is 2.43. The van der Waals surface area contributed by atoms with E-state index in [9.17, 15) is 4.79 Å². The Morgan fingerprint density at radius 3 is 2.91 bits per heavy atom. The zero-order valence-electron chi connectivity index (χ0n) is 14.3. The van der Waals surface area contributed by atoms with Crippen LogP contribution in [0.1, 0.15) is 29.5 Å². The molecule has 1 aromatic carbocycles. The number of carbonyl (C=O) groups is 1. The minimum absolute atomic E-state index is 0.139. The molecule has 0 aromatic heterocycles. The second-order valence-corrected chi connectivity index (χ2v) is 6.92.